The van der Waals surface area contributed by atoms with Crippen molar-refractivity contribution < 1.29 is 9.47 Å². The average molecular weight is 274 g/mol. The molecule has 1 aliphatic carbocycles. The summed E-state index contributed by atoms with van der Waals surface area (Å²) in [6.07, 6.45) is 4.25. The number of aromatic nitrogens is 1. The topological polar surface area (TPSA) is 37.5 Å². The molecule has 2 heterocycles. The molecule has 1 N–H and O–H groups in total. The smallest absolute Gasteiger partial charge is 0.231 e. The summed E-state index contributed by atoms with van der Waals surface area (Å²) in [4.78, 5) is 5.64. The van der Waals surface area contributed by atoms with E-state index in [0.29, 0.717) is 12.8 Å². The number of aromatic amines is 1. The van der Waals surface area contributed by atoms with Crippen LogP contribution >= 0.6 is 0 Å². The molecular formula is C16H22N2O2. The predicted octanol–water partition coefficient (Wildman–Crippen LogP) is 2.95. The molecule has 0 radical (unpaired) electrons. The van der Waals surface area contributed by atoms with Gasteiger partial charge in [-0.25, -0.2) is 0 Å². The van der Waals surface area contributed by atoms with Crippen LogP contribution in [-0.2, 0) is 12.8 Å². The minimum atomic E-state index is 0.344. The van der Waals surface area contributed by atoms with Crippen molar-refractivity contribution in [2.45, 2.75) is 32.7 Å². The van der Waals surface area contributed by atoms with E-state index in [-0.39, 0.29) is 0 Å². The number of benzene rings is 1. The molecule has 0 amide bonds. The quantitative estimate of drug-likeness (QED) is 0.868. The van der Waals surface area contributed by atoms with Gasteiger partial charge in [0, 0.05) is 34.8 Å². The molecule has 20 heavy (non-hydrogen) atoms. The molecule has 0 bridgehead atoms. The first-order valence-corrected chi connectivity index (χ1v) is 7.32. The maximum Gasteiger partial charge on any atom is 0.231 e. The number of rotatable bonds is 1. The van der Waals surface area contributed by atoms with Crippen molar-refractivity contribution in [1.29, 1.82) is 0 Å². The largest absolute Gasteiger partial charge is 0.454 e. The van der Waals surface area contributed by atoms with E-state index >= 15 is 0 Å². The Morgan fingerprint density at radius 2 is 2.00 bits per heavy atom. The molecule has 0 spiro atoms. The molecule has 1 aromatic heterocycles. The highest BCUT2D eigenvalue weighted by Crippen LogP contribution is 2.44. The molecule has 0 saturated heterocycles. The highest BCUT2D eigenvalue weighted by molar-refractivity contribution is 5.92. The summed E-state index contributed by atoms with van der Waals surface area (Å²) in [6.45, 7) is 4.34. The lowest BCUT2D eigenvalue weighted by molar-refractivity contribution is 0.172. The van der Waals surface area contributed by atoms with Gasteiger partial charge in [-0.3, -0.25) is 0 Å². The molecule has 0 saturated carbocycles. The van der Waals surface area contributed by atoms with Gasteiger partial charge in [0.1, 0.15) is 0 Å². The Balaban J connectivity index is 0.000000581. The Hall–Kier alpha value is -1.68. The molecule has 1 aliphatic heterocycles. The lowest BCUT2D eigenvalue weighted by Crippen LogP contribution is -2.34. The van der Waals surface area contributed by atoms with Crippen molar-refractivity contribution in [3.05, 3.63) is 23.4 Å². The van der Waals surface area contributed by atoms with Crippen LogP contribution in [0.1, 0.15) is 25.0 Å². The van der Waals surface area contributed by atoms with Crippen LogP contribution in [0.5, 0.6) is 11.5 Å². The monoisotopic (exact) mass is 274 g/mol. The van der Waals surface area contributed by atoms with E-state index in [1.54, 1.807) is 0 Å². The van der Waals surface area contributed by atoms with Crippen molar-refractivity contribution >= 4 is 10.9 Å². The van der Waals surface area contributed by atoms with Gasteiger partial charge < -0.3 is 19.4 Å². The first-order valence-electron chi connectivity index (χ1n) is 7.32. The molecule has 0 fully saturated rings. The van der Waals surface area contributed by atoms with Crippen molar-refractivity contribution in [1.82, 2.24) is 9.88 Å². The fraction of sp³-hybridized carbons (Fsp3) is 0.500. The highest BCUT2D eigenvalue weighted by Gasteiger charge is 2.30. The molecule has 1 atom stereocenters. The lowest BCUT2D eigenvalue weighted by atomic mass is 9.88. The second-order valence-corrected chi connectivity index (χ2v) is 5.35. The first kappa shape index (κ1) is 13.3. The van der Waals surface area contributed by atoms with E-state index in [0.717, 1.165) is 24.3 Å². The summed E-state index contributed by atoms with van der Waals surface area (Å²) >= 11 is 0. The number of nitrogens with zero attached hydrogens (tertiary/aromatic N) is 1. The van der Waals surface area contributed by atoms with Gasteiger partial charge in [-0.15, -0.1) is 0 Å². The normalized spacial score (nSPS) is 19.1. The van der Waals surface area contributed by atoms with E-state index < -0.39 is 0 Å². The Morgan fingerprint density at radius 3 is 2.75 bits per heavy atom. The number of ether oxygens (including phenoxy) is 2. The number of fused-ring (bicyclic) bond motifs is 2. The first-order chi connectivity index (χ1) is 9.74. The van der Waals surface area contributed by atoms with Crippen LogP contribution in [0.4, 0.5) is 0 Å². The summed E-state index contributed by atoms with van der Waals surface area (Å²) in [7, 11) is 4.28. The second kappa shape index (κ2) is 5.02. The van der Waals surface area contributed by atoms with E-state index in [1.165, 1.54) is 22.0 Å². The van der Waals surface area contributed by atoms with Crippen LogP contribution in [0, 0.1) is 0 Å². The van der Waals surface area contributed by atoms with Gasteiger partial charge >= 0.3 is 0 Å². The number of hydrogen-bond acceptors (Lipinski definition) is 3. The van der Waals surface area contributed by atoms with Crippen molar-refractivity contribution in [3.8, 4) is 11.5 Å². The zero-order valence-corrected chi connectivity index (χ0v) is 12.6. The van der Waals surface area contributed by atoms with Gasteiger partial charge in [0.05, 0.1) is 0 Å². The summed E-state index contributed by atoms with van der Waals surface area (Å²) < 4.78 is 11.2. The van der Waals surface area contributed by atoms with Crippen LogP contribution in [0.15, 0.2) is 12.3 Å². The third-order valence-corrected chi connectivity index (χ3v) is 4.11. The van der Waals surface area contributed by atoms with E-state index in [2.05, 4.69) is 36.2 Å². The number of H-pyrrole nitrogens is 1. The van der Waals surface area contributed by atoms with E-state index in [9.17, 15) is 0 Å². The van der Waals surface area contributed by atoms with Gasteiger partial charge in [0.25, 0.3) is 0 Å². The van der Waals surface area contributed by atoms with Crippen LogP contribution in [0.3, 0.4) is 0 Å². The van der Waals surface area contributed by atoms with E-state index in [4.69, 9.17) is 9.47 Å². The van der Waals surface area contributed by atoms with Crippen LogP contribution in [0.25, 0.3) is 10.9 Å². The van der Waals surface area contributed by atoms with Crippen molar-refractivity contribution in [2.24, 2.45) is 0 Å². The Labute approximate surface area is 119 Å². The predicted molar refractivity (Wildman–Crippen MR) is 80.7 cm³/mol. The van der Waals surface area contributed by atoms with E-state index in [1.807, 2.05) is 13.8 Å². The SMILES string of the molecule is CC.CN(C)C1Cc2c[nH]c3cc4c(c(c23)C1)OCO4. The summed E-state index contributed by atoms with van der Waals surface area (Å²) in [5.41, 5.74) is 3.87. The minimum absolute atomic E-state index is 0.344. The standard InChI is InChI=1S/C14H16N2O2.C2H6/c1-16(2)9-3-8-6-15-11-5-12-14(18-7-17-12)10(4-9)13(8)11;1-2/h5-6,9,15H,3-4,7H2,1-2H3;1-2H3. The Morgan fingerprint density at radius 1 is 1.20 bits per heavy atom. The molecule has 2 aliphatic rings. The minimum Gasteiger partial charge on any atom is -0.454 e. The molecule has 1 unspecified atom stereocenters. The number of nitrogens with one attached hydrogen (secondary N) is 1. The maximum atomic E-state index is 5.66. The van der Waals surface area contributed by atoms with Crippen LogP contribution in [0.2, 0.25) is 0 Å². The Bertz CT molecular complexity index is 631. The third-order valence-electron chi connectivity index (χ3n) is 4.11. The number of likely N-dealkylation sites (N-methyl/N-ethyl adjacent to an activating group) is 1. The Kier molecular flexibility index (Phi) is 3.34. The fourth-order valence-electron chi connectivity index (χ4n) is 3.11. The molecule has 108 valence electrons. The van der Waals surface area contributed by atoms with Gasteiger partial charge in [-0.05, 0) is 32.5 Å². The third kappa shape index (κ3) is 1.86. The lowest BCUT2D eigenvalue weighted by Gasteiger charge is -2.28. The molecule has 4 rings (SSSR count). The highest BCUT2D eigenvalue weighted by atomic mass is 16.7. The van der Waals surface area contributed by atoms with Crippen molar-refractivity contribution in [2.75, 3.05) is 20.9 Å². The average Bonchev–Trinajstić information content (AvgIpc) is 3.09. The zero-order chi connectivity index (χ0) is 14.3. The van der Waals surface area contributed by atoms with Gasteiger partial charge in [-0.2, -0.15) is 0 Å². The van der Waals surface area contributed by atoms with Gasteiger partial charge in [0.15, 0.2) is 11.5 Å². The zero-order valence-electron chi connectivity index (χ0n) is 12.6. The van der Waals surface area contributed by atoms with Crippen molar-refractivity contribution in [3.63, 3.8) is 0 Å². The van der Waals surface area contributed by atoms with Crippen LogP contribution < -0.4 is 9.47 Å². The molecular weight excluding hydrogens is 252 g/mol. The maximum absolute atomic E-state index is 5.66. The van der Waals surface area contributed by atoms with Gasteiger partial charge in [-0.1, -0.05) is 13.8 Å². The van der Waals surface area contributed by atoms with Gasteiger partial charge in [0.2, 0.25) is 6.79 Å². The summed E-state index contributed by atoms with van der Waals surface area (Å²) in [5.74, 6) is 1.83. The molecule has 4 heteroatoms. The molecule has 4 nitrogen and oxygen atoms in total. The number of hydrogen-bond donors (Lipinski definition) is 1. The van der Waals surface area contributed by atoms with Crippen LogP contribution in [-0.4, -0.2) is 36.8 Å². The second-order valence-electron chi connectivity index (χ2n) is 5.35. The summed E-state index contributed by atoms with van der Waals surface area (Å²) in [6, 6.07) is 2.59. The molecule has 1 aromatic carbocycles. The fourth-order valence-corrected chi connectivity index (χ4v) is 3.11. The summed E-state index contributed by atoms with van der Waals surface area (Å²) in [5, 5.41) is 1.34. The molecule has 2 aromatic rings.